The molecule has 0 radical (unpaired) electrons. The van der Waals surface area contributed by atoms with Gasteiger partial charge in [0.1, 0.15) is 0 Å². The first kappa shape index (κ1) is 56.4. The van der Waals surface area contributed by atoms with Crippen LogP contribution in [0, 0.1) is 29.6 Å². The third-order valence-electron chi connectivity index (χ3n) is 19.8. The maximum Gasteiger partial charge on any atom is 0.0703 e. The van der Waals surface area contributed by atoms with Crippen molar-refractivity contribution >= 4 is 0 Å². The van der Waals surface area contributed by atoms with E-state index in [1.807, 2.05) is 0 Å². The highest BCUT2D eigenvalue weighted by molar-refractivity contribution is 5.03. The minimum atomic E-state index is 0.327. The highest BCUT2D eigenvalue weighted by Crippen LogP contribution is 2.45. The molecule has 7 heteroatoms. The average molecular weight is 964 g/mol. The van der Waals surface area contributed by atoms with Gasteiger partial charge in [0.2, 0.25) is 0 Å². The number of rotatable bonds is 0. The van der Waals surface area contributed by atoms with Crippen LogP contribution in [0.15, 0.2) is 0 Å². The van der Waals surface area contributed by atoms with Crippen LogP contribution in [0.3, 0.4) is 0 Å². The molecule has 0 aromatic carbocycles. The number of ether oxygens (including phenoxy) is 1. The van der Waals surface area contributed by atoms with Crippen molar-refractivity contribution in [1.29, 1.82) is 0 Å². The van der Waals surface area contributed by atoms with E-state index in [0.717, 1.165) is 73.0 Å². The molecule has 15 rings (SSSR count). The number of piperidine rings is 7. The molecule has 10 unspecified atom stereocenters. The predicted octanol–water partition coefficient (Wildman–Crippen LogP) is 13.8. The van der Waals surface area contributed by atoms with Crippen molar-refractivity contribution in [2.45, 2.75) is 322 Å². The van der Waals surface area contributed by atoms with Gasteiger partial charge in [-0.1, -0.05) is 12.8 Å². The fraction of sp³-hybridized carbons (Fsp3) is 1.00. The van der Waals surface area contributed by atoms with Crippen LogP contribution in [0.5, 0.6) is 0 Å². The van der Waals surface area contributed by atoms with Crippen molar-refractivity contribution in [3.8, 4) is 0 Å². The summed E-state index contributed by atoms with van der Waals surface area (Å²) in [6.07, 6.45) is 28.3. The first-order chi connectivity index (χ1) is 31.9. The molecule has 0 spiro atoms. The summed E-state index contributed by atoms with van der Waals surface area (Å²) >= 11 is 0. The Morgan fingerprint density at radius 1 is 0.290 bits per heavy atom. The van der Waals surface area contributed by atoms with E-state index in [9.17, 15) is 0 Å². The minimum Gasteiger partial charge on any atom is -0.375 e. The molecule has 69 heavy (non-hydrogen) atoms. The Hall–Kier alpha value is -0.280. The van der Waals surface area contributed by atoms with Gasteiger partial charge in [-0.05, 0) is 263 Å². The number of fused-ring (bicyclic) bond motifs is 13. The van der Waals surface area contributed by atoms with Gasteiger partial charge in [-0.3, -0.25) is 29.4 Å². The summed E-state index contributed by atoms with van der Waals surface area (Å²) in [7, 11) is 0. The normalized spacial score (nSPS) is 37.8. The second-order valence-corrected chi connectivity index (χ2v) is 31.5. The largest absolute Gasteiger partial charge is 0.375 e. The maximum atomic E-state index is 5.66. The summed E-state index contributed by atoms with van der Waals surface area (Å²) in [4.78, 5) is 16.1. The molecule has 402 valence electrons. The minimum absolute atomic E-state index is 0.327. The van der Waals surface area contributed by atoms with Crippen molar-refractivity contribution in [3.63, 3.8) is 0 Å². The van der Waals surface area contributed by atoms with Gasteiger partial charge in [0, 0.05) is 109 Å². The topological polar surface area (TPSA) is 28.7 Å². The lowest BCUT2D eigenvalue weighted by Crippen LogP contribution is -2.65. The highest BCUT2D eigenvalue weighted by Gasteiger charge is 2.47. The van der Waals surface area contributed by atoms with Crippen LogP contribution in [0.25, 0.3) is 0 Å². The molecule has 11 heterocycles. The monoisotopic (exact) mass is 963 g/mol. The van der Waals surface area contributed by atoms with E-state index in [4.69, 9.17) is 4.74 Å². The average Bonchev–Trinajstić information content (AvgIpc) is 4.03. The van der Waals surface area contributed by atoms with Crippen LogP contribution in [-0.2, 0) is 4.74 Å². The predicted molar refractivity (Wildman–Crippen MR) is 296 cm³/mol. The van der Waals surface area contributed by atoms with Gasteiger partial charge >= 0.3 is 0 Å². The zero-order valence-corrected chi connectivity index (χ0v) is 49.4. The van der Waals surface area contributed by atoms with Gasteiger partial charge < -0.3 is 4.74 Å². The number of hydrogen-bond acceptors (Lipinski definition) is 7. The molecule has 11 aliphatic heterocycles. The van der Waals surface area contributed by atoms with E-state index < -0.39 is 0 Å². The van der Waals surface area contributed by atoms with Crippen molar-refractivity contribution in [3.05, 3.63) is 0 Å². The molecule has 15 fully saturated rings. The Morgan fingerprint density at radius 2 is 0.667 bits per heavy atom. The van der Waals surface area contributed by atoms with Crippen molar-refractivity contribution in [2.75, 3.05) is 45.9 Å². The van der Waals surface area contributed by atoms with Gasteiger partial charge in [0.15, 0.2) is 0 Å². The summed E-state index contributed by atoms with van der Waals surface area (Å²) in [5.74, 6) is 5.20. The lowest BCUT2D eigenvalue weighted by Gasteiger charge is -2.59. The van der Waals surface area contributed by atoms with Gasteiger partial charge in [-0.2, -0.15) is 0 Å². The summed E-state index contributed by atoms with van der Waals surface area (Å²) in [5.41, 5.74) is 2.39. The first-order valence-corrected chi connectivity index (χ1v) is 30.2. The molecule has 15 aliphatic rings. The second kappa shape index (κ2) is 22.1. The summed E-state index contributed by atoms with van der Waals surface area (Å²) in [5, 5.41) is 0. The standard InChI is InChI=1S/2C11H21N.C10H19NO.3C10H19N/c1-11(2,3)12-7-9-4-5-10(6-9)8-12;1-11(2,3)12-9-5-4-6-10(12)8-7-9;1-10(2,3)11-6-9-5-4-8(11)7-12-9;1-10(2,3)11-6-8-4-9(5-8)7-11;1-10(2,3)11-7-8-4-5-9(11)6-8;1-10(2,3)11-8-5-4-6-9(11)7-8/h2*9-10H,4-8H2,1-3H3;8-9H,4-7H2,1-3H3;3*8-9H,4-7H2,1-3H3. The molecule has 0 amide bonds. The van der Waals surface area contributed by atoms with Crippen LogP contribution in [0.4, 0.5) is 0 Å². The molecule has 4 saturated carbocycles. The van der Waals surface area contributed by atoms with E-state index in [-0.39, 0.29) is 0 Å². The van der Waals surface area contributed by atoms with E-state index in [1.165, 1.54) is 155 Å². The zero-order valence-electron chi connectivity index (χ0n) is 49.4. The molecule has 10 atom stereocenters. The van der Waals surface area contributed by atoms with Gasteiger partial charge in [0.05, 0.1) is 12.7 Å². The smallest absolute Gasteiger partial charge is 0.0703 e. The highest BCUT2D eigenvalue weighted by atomic mass is 16.5. The molecule has 0 aromatic rings. The number of hydrogen-bond donors (Lipinski definition) is 0. The van der Waals surface area contributed by atoms with E-state index in [0.29, 0.717) is 45.4 Å². The molecule has 0 N–H and O–H groups in total. The fourth-order valence-corrected chi connectivity index (χ4v) is 16.4. The second-order valence-electron chi connectivity index (χ2n) is 31.5. The molecular formula is C62H118N6O. The van der Waals surface area contributed by atoms with Crippen LogP contribution < -0.4 is 0 Å². The first-order valence-electron chi connectivity index (χ1n) is 30.2. The van der Waals surface area contributed by atoms with Gasteiger partial charge in [-0.15, -0.1) is 0 Å². The van der Waals surface area contributed by atoms with Crippen LogP contribution >= 0.6 is 0 Å². The molecular weight excluding hydrogens is 845 g/mol. The molecule has 11 saturated heterocycles. The van der Waals surface area contributed by atoms with Gasteiger partial charge in [0.25, 0.3) is 0 Å². The lowest BCUT2D eigenvalue weighted by atomic mass is 9.70. The summed E-state index contributed by atoms with van der Waals surface area (Å²) < 4.78 is 5.66. The summed E-state index contributed by atoms with van der Waals surface area (Å²) in [6, 6.07) is 5.34. The summed E-state index contributed by atoms with van der Waals surface area (Å²) in [6.45, 7) is 51.0. The SMILES string of the molecule is CC(C)(C)N1C2CCCC1C2.CC(C)(C)N1C2CCCC1CC2.CC(C)(C)N1CC2CC(C2)C1.CC(C)(C)N1CC2CCC(C2)C1.CC(C)(C)N1CC2CCC1C2.CC(C)(C)N1CC2CCC1CO2. The molecule has 0 aromatic heterocycles. The molecule has 7 nitrogen and oxygen atoms in total. The Balaban J connectivity index is 0.000000122. The van der Waals surface area contributed by atoms with Crippen LogP contribution in [0.1, 0.15) is 247 Å². The zero-order chi connectivity index (χ0) is 50.5. The fourth-order valence-electron chi connectivity index (χ4n) is 16.4. The molecule has 4 aliphatic carbocycles. The quantitative estimate of drug-likeness (QED) is 0.239. The Bertz CT molecular complexity index is 1500. The lowest BCUT2D eigenvalue weighted by molar-refractivity contribution is -0.133. The van der Waals surface area contributed by atoms with Gasteiger partial charge in [-0.25, -0.2) is 0 Å². The third-order valence-corrected chi connectivity index (χ3v) is 19.8. The Morgan fingerprint density at radius 3 is 0.942 bits per heavy atom. The maximum absolute atomic E-state index is 5.66. The van der Waals surface area contributed by atoms with Crippen molar-refractivity contribution in [2.24, 2.45) is 29.6 Å². The number of nitrogens with zero attached hydrogens (tertiary/aromatic N) is 6. The third kappa shape index (κ3) is 14.8. The van der Waals surface area contributed by atoms with E-state index in [2.05, 4.69) is 154 Å². The van der Waals surface area contributed by atoms with Crippen LogP contribution in [-0.4, -0.2) is 151 Å². The van der Waals surface area contributed by atoms with Crippen molar-refractivity contribution < 1.29 is 4.74 Å². The molecule has 12 bridgehead atoms. The number of morpholine rings is 1. The Labute approximate surface area is 430 Å². The van der Waals surface area contributed by atoms with E-state index in [1.54, 1.807) is 0 Å². The Kier molecular flexibility index (Phi) is 18.1. The van der Waals surface area contributed by atoms with Crippen LogP contribution in [0.2, 0.25) is 0 Å². The van der Waals surface area contributed by atoms with Crippen molar-refractivity contribution in [1.82, 2.24) is 29.4 Å². The van der Waals surface area contributed by atoms with E-state index >= 15 is 0 Å². The number of likely N-dealkylation sites (tertiary alicyclic amines) is 2.